The summed E-state index contributed by atoms with van der Waals surface area (Å²) in [7, 11) is -3.74. The van der Waals surface area contributed by atoms with Crippen LogP contribution in [0.1, 0.15) is 27.3 Å². The van der Waals surface area contributed by atoms with Crippen molar-refractivity contribution in [2.24, 2.45) is 0 Å². The number of benzene rings is 3. The molecular weight excluding hydrogens is 438 g/mol. The molecule has 1 heterocycles. The van der Waals surface area contributed by atoms with Crippen LogP contribution in [0.15, 0.2) is 77.7 Å². The third-order valence-corrected chi connectivity index (χ3v) is 6.39. The predicted molar refractivity (Wildman–Crippen MR) is 127 cm³/mol. The third-order valence-electron chi connectivity index (χ3n) is 4.99. The van der Waals surface area contributed by atoms with Gasteiger partial charge in [0, 0.05) is 5.69 Å². The Labute approximate surface area is 192 Å². The van der Waals surface area contributed by atoms with Gasteiger partial charge in [0.1, 0.15) is 0 Å². The van der Waals surface area contributed by atoms with E-state index >= 15 is 0 Å². The number of amides is 1. The average Bonchev–Trinajstić information content (AvgIpc) is 3.15. The maximum absolute atomic E-state index is 12.9. The number of nitrogens with zero attached hydrogens (tertiary/aromatic N) is 3. The molecule has 8 nitrogen and oxygen atoms in total. The van der Waals surface area contributed by atoms with E-state index in [1.165, 1.54) is 16.9 Å². The standard InChI is InChI=1S/C24H23N5O3S/c1-16-12-13-22(17(2)14-16)29-26-18(3)23(27-29)24(30)25-19-8-7-9-20(15-19)28-33(31,32)21-10-5-4-6-11-21/h4-15,28H,1-3H3,(H,25,30). The van der Waals surface area contributed by atoms with Crippen molar-refractivity contribution < 1.29 is 13.2 Å². The van der Waals surface area contributed by atoms with Gasteiger partial charge in [0.2, 0.25) is 0 Å². The second-order valence-corrected chi connectivity index (χ2v) is 9.35. The number of anilines is 2. The molecule has 168 valence electrons. The zero-order chi connectivity index (χ0) is 23.6. The first kappa shape index (κ1) is 22.2. The van der Waals surface area contributed by atoms with Crippen LogP contribution in [0, 0.1) is 20.8 Å². The number of hydrogen-bond acceptors (Lipinski definition) is 5. The summed E-state index contributed by atoms with van der Waals surface area (Å²) in [5.41, 5.74) is 4.33. The molecule has 4 rings (SSSR count). The average molecular weight is 462 g/mol. The lowest BCUT2D eigenvalue weighted by molar-refractivity contribution is 0.102. The second-order valence-electron chi connectivity index (χ2n) is 7.67. The Morgan fingerprint density at radius 3 is 2.30 bits per heavy atom. The molecule has 0 aliphatic carbocycles. The van der Waals surface area contributed by atoms with Crippen molar-refractivity contribution in [3.05, 3.63) is 95.3 Å². The van der Waals surface area contributed by atoms with Crippen LogP contribution >= 0.6 is 0 Å². The maximum atomic E-state index is 12.9. The van der Waals surface area contributed by atoms with Gasteiger partial charge in [-0.05, 0) is 62.7 Å². The highest BCUT2D eigenvalue weighted by atomic mass is 32.2. The van der Waals surface area contributed by atoms with E-state index in [0.29, 0.717) is 17.1 Å². The Morgan fingerprint density at radius 1 is 0.848 bits per heavy atom. The quantitative estimate of drug-likeness (QED) is 0.447. The molecule has 0 aliphatic heterocycles. The van der Waals surface area contributed by atoms with Crippen molar-refractivity contribution in [2.45, 2.75) is 25.7 Å². The lowest BCUT2D eigenvalue weighted by Gasteiger charge is -2.10. The van der Waals surface area contributed by atoms with Gasteiger partial charge in [-0.2, -0.15) is 9.90 Å². The topological polar surface area (TPSA) is 106 Å². The van der Waals surface area contributed by atoms with Crippen molar-refractivity contribution in [3.63, 3.8) is 0 Å². The van der Waals surface area contributed by atoms with Gasteiger partial charge < -0.3 is 5.32 Å². The van der Waals surface area contributed by atoms with Crippen LogP contribution in [0.5, 0.6) is 0 Å². The lowest BCUT2D eigenvalue weighted by atomic mass is 10.1. The molecule has 1 aromatic heterocycles. The fourth-order valence-corrected chi connectivity index (χ4v) is 4.46. The summed E-state index contributed by atoms with van der Waals surface area (Å²) in [5, 5.41) is 11.5. The summed E-state index contributed by atoms with van der Waals surface area (Å²) >= 11 is 0. The van der Waals surface area contributed by atoms with Gasteiger partial charge in [-0.3, -0.25) is 9.52 Å². The van der Waals surface area contributed by atoms with Crippen molar-refractivity contribution >= 4 is 27.3 Å². The molecule has 0 atom stereocenters. The molecule has 9 heteroatoms. The monoisotopic (exact) mass is 461 g/mol. The number of rotatable bonds is 6. The lowest BCUT2D eigenvalue weighted by Crippen LogP contribution is -2.15. The van der Waals surface area contributed by atoms with Gasteiger partial charge in [0.15, 0.2) is 5.69 Å². The molecule has 0 saturated heterocycles. The molecule has 0 unspecified atom stereocenters. The summed E-state index contributed by atoms with van der Waals surface area (Å²) in [6.07, 6.45) is 0. The van der Waals surface area contributed by atoms with Crippen molar-refractivity contribution in [1.82, 2.24) is 15.0 Å². The fraction of sp³-hybridized carbons (Fsp3) is 0.125. The maximum Gasteiger partial charge on any atom is 0.278 e. The van der Waals surface area contributed by atoms with Gasteiger partial charge in [-0.15, -0.1) is 5.10 Å². The van der Waals surface area contributed by atoms with Crippen LogP contribution in [-0.4, -0.2) is 29.3 Å². The van der Waals surface area contributed by atoms with Gasteiger partial charge in [-0.25, -0.2) is 8.42 Å². The summed E-state index contributed by atoms with van der Waals surface area (Å²) in [6.45, 7) is 5.68. The highest BCUT2D eigenvalue weighted by Crippen LogP contribution is 2.21. The molecule has 3 aromatic carbocycles. The van der Waals surface area contributed by atoms with E-state index in [-0.39, 0.29) is 10.6 Å². The van der Waals surface area contributed by atoms with Gasteiger partial charge in [-0.1, -0.05) is 42.0 Å². The first-order valence-corrected chi connectivity index (χ1v) is 11.7. The molecule has 0 saturated carbocycles. The molecule has 0 radical (unpaired) electrons. The first-order valence-electron chi connectivity index (χ1n) is 10.2. The van der Waals surface area contributed by atoms with E-state index in [9.17, 15) is 13.2 Å². The van der Waals surface area contributed by atoms with E-state index in [1.807, 2.05) is 32.0 Å². The molecule has 0 fully saturated rings. The van der Waals surface area contributed by atoms with E-state index in [1.54, 1.807) is 49.4 Å². The number of aryl methyl sites for hydroxylation is 3. The highest BCUT2D eigenvalue weighted by Gasteiger charge is 2.18. The number of aromatic nitrogens is 3. The molecule has 0 spiro atoms. The molecule has 0 bridgehead atoms. The van der Waals surface area contributed by atoms with E-state index < -0.39 is 15.9 Å². The summed E-state index contributed by atoms with van der Waals surface area (Å²) in [5.74, 6) is -0.438. The van der Waals surface area contributed by atoms with Crippen LogP contribution in [0.4, 0.5) is 11.4 Å². The summed E-state index contributed by atoms with van der Waals surface area (Å²) in [4.78, 5) is 14.5. The fourth-order valence-electron chi connectivity index (χ4n) is 3.39. The number of sulfonamides is 1. The normalized spacial score (nSPS) is 11.2. The van der Waals surface area contributed by atoms with Crippen LogP contribution in [0.25, 0.3) is 5.69 Å². The van der Waals surface area contributed by atoms with Crippen LogP contribution in [0.3, 0.4) is 0 Å². The van der Waals surface area contributed by atoms with Gasteiger partial charge in [0.05, 0.1) is 22.0 Å². The van der Waals surface area contributed by atoms with Crippen molar-refractivity contribution in [1.29, 1.82) is 0 Å². The Hall–Kier alpha value is -3.98. The van der Waals surface area contributed by atoms with Gasteiger partial charge in [0.25, 0.3) is 15.9 Å². The number of nitrogens with one attached hydrogen (secondary N) is 2. The SMILES string of the molecule is Cc1ccc(-n2nc(C)c(C(=O)Nc3cccc(NS(=O)(=O)c4ccccc4)c3)n2)c(C)c1. The Bertz CT molecular complexity index is 1430. The minimum atomic E-state index is -3.74. The second kappa shape index (κ2) is 8.87. The summed E-state index contributed by atoms with van der Waals surface area (Å²) < 4.78 is 27.7. The van der Waals surface area contributed by atoms with Crippen LogP contribution in [0.2, 0.25) is 0 Å². The Balaban J connectivity index is 1.53. The Morgan fingerprint density at radius 2 is 1.58 bits per heavy atom. The smallest absolute Gasteiger partial charge is 0.278 e. The van der Waals surface area contributed by atoms with E-state index in [2.05, 4.69) is 20.2 Å². The van der Waals surface area contributed by atoms with Crippen molar-refractivity contribution in [2.75, 3.05) is 10.0 Å². The predicted octanol–water partition coefficient (Wildman–Crippen LogP) is 4.25. The van der Waals surface area contributed by atoms with Crippen LogP contribution < -0.4 is 10.0 Å². The highest BCUT2D eigenvalue weighted by molar-refractivity contribution is 7.92. The van der Waals surface area contributed by atoms with Gasteiger partial charge >= 0.3 is 0 Å². The zero-order valence-corrected chi connectivity index (χ0v) is 19.2. The zero-order valence-electron chi connectivity index (χ0n) is 18.4. The molecule has 4 aromatic rings. The molecule has 2 N–H and O–H groups in total. The largest absolute Gasteiger partial charge is 0.320 e. The van der Waals surface area contributed by atoms with E-state index in [0.717, 1.165) is 16.8 Å². The van der Waals surface area contributed by atoms with E-state index in [4.69, 9.17) is 0 Å². The molecule has 33 heavy (non-hydrogen) atoms. The first-order chi connectivity index (χ1) is 15.7. The minimum Gasteiger partial charge on any atom is -0.320 e. The Kier molecular flexibility index (Phi) is 5.97. The molecule has 1 amide bonds. The number of carbonyl (C=O) groups excluding carboxylic acids is 1. The molecule has 0 aliphatic rings. The minimum absolute atomic E-state index is 0.151. The van der Waals surface area contributed by atoms with Crippen molar-refractivity contribution in [3.8, 4) is 5.69 Å². The third kappa shape index (κ3) is 4.93. The number of carbonyl (C=O) groups is 1. The summed E-state index contributed by atoms with van der Waals surface area (Å²) in [6, 6.07) is 20.4. The number of hydrogen-bond donors (Lipinski definition) is 2. The molecular formula is C24H23N5O3S. The van der Waals surface area contributed by atoms with Crippen LogP contribution in [-0.2, 0) is 10.0 Å².